The van der Waals surface area contributed by atoms with Crippen LogP contribution >= 0.6 is 0 Å². The van der Waals surface area contributed by atoms with Crippen LogP contribution in [-0.4, -0.2) is 36.5 Å². The molecule has 0 spiro atoms. The second-order valence-electron chi connectivity index (χ2n) is 3.36. The molecule has 15 heavy (non-hydrogen) atoms. The summed E-state index contributed by atoms with van der Waals surface area (Å²) in [7, 11) is -3.11. The van der Waals surface area contributed by atoms with Crippen LogP contribution in [0.3, 0.4) is 0 Å². The van der Waals surface area contributed by atoms with E-state index in [1.54, 1.807) is 0 Å². The van der Waals surface area contributed by atoms with Gasteiger partial charge in [0.15, 0.2) is 15.7 Å². The van der Waals surface area contributed by atoms with Gasteiger partial charge in [0, 0.05) is 19.3 Å². The topological polar surface area (TPSA) is 93.3 Å². The zero-order chi connectivity index (χ0) is 11.3. The number of rotatable bonds is 6. The number of aliphatic hydroxyl groups excluding tert-OH is 1. The van der Waals surface area contributed by atoms with Crippen LogP contribution in [0, 0.1) is 0 Å². The highest BCUT2D eigenvalue weighted by Gasteiger charge is 2.11. The maximum absolute atomic E-state index is 10.9. The molecule has 0 amide bonds. The Bertz CT molecular complexity index is 399. The molecule has 1 heterocycles. The molecule has 0 aliphatic rings. The highest BCUT2D eigenvalue weighted by Crippen LogP contribution is 2.05. The minimum Gasteiger partial charge on any atom is -0.396 e. The zero-order valence-electron chi connectivity index (χ0n) is 8.51. The van der Waals surface area contributed by atoms with E-state index in [1.165, 1.54) is 0 Å². The van der Waals surface area contributed by atoms with Crippen molar-refractivity contribution in [3.8, 4) is 0 Å². The Kier molecular flexibility index (Phi) is 4.22. The Balaban J connectivity index is 2.49. The molecule has 1 aromatic rings. The fourth-order valence-electron chi connectivity index (χ4n) is 1.07. The first-order valence-electron chi connectivity index (χ1n) is 4.61. The molecule has 0 unspecified atom stereocenters. The lowest BCUT2D eigenvalue weighted by atomic mass is 10.2. The van der Waals surface area contributed by atoms with Gasteiger partial charge in [0.05, 0.1) is 0 Å². The number of sulfone groups is 1. The van der Waals surface area contributed by atoms with Gasteiger partial charge in [0.2, 0.25) is 5.89 Å². The highest BCUT2D eigenvalue weighted by molar-refractivity contribution is 7.89. The second kappa shape index (κ2) is 5.22. The van der Waals surface area contributed by atoms with Crippen molar-refractivity contribution in [1.82, 2.24) is 10.1 Å². The number of nitrogens with zero attached hydrogens (tertiary/aromatic N) is 2. The van der Waals surface area contributed by atoms with Crippen molar-refractivity contribution in [2.24, 2.45) is 0 Å². The smallest absolute Gasteiger partial charge is 0.226 e. The van der Waals surface area contributed by atoms with Crippen LogP contribution in [0.2, 0.25) is 0 Å². The van der Waals surface area contributed by atoms with Gasteiger partial charge in [-0.2, -0.15) is 4.98 Å². The molecular weight excluding hydrogens is 220 g/mol. The Morgan fingerprint density at radius 2 is 2.13 bits per heavy atom. The minimum absolute atomic E-state index is 0.129. The number of aliphatic hydroxyl groups is 1. The summed E-state index contributed by atoms with van der Waals surface area (Å²) >= 11 is 0. The van der Waals surface area contributed by atoms with Crippen LogP contribution in [0.5, 0.6) is 0 Å². The predicted molar refractivity (Wildman–Crippen MR) is 52.9 cm³/mol. The van der Waals surface area contributed by atoms with Crippen molar-refractivity contribution in [2.45, 2.75) is 25.0 Å². The second-order valence-corrected chi connectivity index (χ2v) is 5.50. The highest BCUT2D eigenvalue weighted by atomic mass is 32.2. The summed E-state index contributed by atoms with van der Waals surface area (Å²) in [6.45, 7) is 0.129. The van der Waals surface area contributed by atoms with Crippen LogP contribution < -0.4 is 0 Å². The number of aromatic nitrogens is 2. The van der Waals surface area contributed by atoms with Crippen LogP contribution in [0.1, 0.15) is 24.6 Å². The summed E-state index contributed by atoms with van der Waals surface area (Å²) in [5.74, 6) is 0.412. The van der Waals surface area contributed by atoms with Gasteiger partial charge in [-0.25, -0.2) is 8.42 Å². The molecule has 0 saturated carbocycles. The molecule has 1 rings (SSSR count). The molecule has 0 bridgehead atoms. The fourth-order valence-corrected chi connectivity index (χ4v) is 1.66. The molecule has 0 aliphatic heterocycles. The summed E-state index contributed by atoms with van der Waals surface area (Å²) in [6.07, 6.45) is 3.10. The summed E-state index contributed by atoms with van der Waals surface area (Å²) in [5, 5.41) is 12.1. The average molecular weight is 234 g/mol. The van der Waals surface area contributed by atoms with Gasteiger partial charge >= 0.3 is 0 Å². The van der Waals surface area contributed by atoms with Crippen LogP contribution in [0.15, 0.2) is 4.52 Å². The SMILES string of the molecule is CS(=O)(=O)Cc1noc(CCCCO)n1. The third kappa shape index (κ3) is 4.89. The molecule has 1 aromatic heterocycles. The minimum atomic E-state index is -3.11. The van der Waals surface area contributed by atoms with Gasteiger partial charge < -0.3 is 9.63 Å². The van der Waals surface area contributed by atoms with Crippen molar-refractivity contribution in [3.05, 3.63) is 11.7 Å². The lowest BCUT2D eigenvalue weighted by Crippen LogP contribution is -2.02. The standard InChI is InChI=1S/C8H14N2O4S/c1-15(12,13)6-7-9-8(14-10-7)4-2-3-5-11/h11H,2-6H2,1H3. The largest absolute Gasteiger partial charge is 0.396 e. The van der Waals surface area contributed by atoms with E-state index in [2.05, 4.69) is 10.1 Å². The van der Waals surface area contributed by atoms with Crippen LogP contribution in [0.25, 0.3) is 0 Å². The van der Waals surface area contributed by atoms with Crippen molar-refractivity contribution >= 4 is 9.84 Å². The summed E-state index contributed by atoms with van der Waals surface area (Å²) in [4.78, 5) is 3.93. The third-order valence-corrected chi connectivity index (χ3v) is 2.48. The molecule has 0 aromatic carbocycles. The van der Waals surface area contributed by atoms with Gasteiger partial charge in [-0.1, -0.05) is 5.16 Å². The number of hydrogen-bond acceptors (Lipinski definition) is 6. The lowest BCUT2D eigenvalue weighted by Gasteiger charge is -1.91. The van der Waals surface area contributed by atoms with Crippen molar-refractivity contribution in [1.29, 1.82) is 0 Å². The first-order valence-corrected chi connectivity index (χ1v) is 6.67. The quantitative estimate of drug-likeness (QED) is 0.692. The Hall–Kier alpha value is -0.950. The van der Waals surface area contributed by atoms with Crippen molar-refractivity contribution in [2.75, 3.05) is 12.9 Å². The lowest BCUT2D eigenvalue weighted by molar-refractivity contribution is 0.280. The maximum Gasteiger partial charge on any atom is 0.226 e. The van der Waals surface area contributed by atoms with Crippen LogP contribution in [-0.2, 0) is 22.0 Å². The van der Waals surface area contributed by atoms with E-state index in [0.29, 0.717) is 18.7 Å². The van der Waals surface area contributed by atoms with Gasteiger partial charge in [-0.05, 0) is 12.8 Å². The summed E-state index contributed by atoms with van der Waals surface area (Å²) in [6, 6.07) is 0. The summed E-state index contributed by atoms with van der Waals surface area (Å²) < 4.78 is 26.7. The monoisotopic (exact) mass is 234 g/mol. The molecule has 6 nitrogen and oxygen atoms in total. The maximum atomic E-state index is 10.9. The molecule has 86 valence electrons. The predicted octanol–water partition coefficient (Wildman–Crippen LogP) is -0.0708. The molecule has 0 aliphatic carbocycles. The van der Waals surface area contributed by atoms with Crippen LogP contribution in [0.4, 0.5) is 0 Å². The van der Waals surface area contributed by atoms with Gasteiger partial charge in [0.25, 0.3) is 0 Å². The number of hydrogen-bond donors (Lipinski definition) is 1. The van der Waals surface area contributed by atoms with E-state index in [1.807, 2.05) is 0 Å². The molecular formula is C8H14N2O4S. The molecule has 0 atom stereocenters. The Labute approximate surface area is 88.2 Å². The van der Waals surface area contributed by atoms with E-state index in [4.69, 9.17) is 9.63 Å². The van der Waals surface area contributed by atoms with E-state index >= 15 is 0 Å². The third-order valence-electron chi connectivity index (χ3n) is 1.70. The summed E-state index contributed by atoms with van der Waals surface area (Å²) in [5.41, 5.74) is 0. The Morgan fingerprint density at radius 3 is 2.73 bits per heavy atom. The van der Waals surface area contributed by atoms with Gasteiger partial charge in [-0.15, -0.1) is 0 Å². The number of unbranched alkanes of at least 4 members (excludes halogenated alkanes) is 1. The molecule has 0 radical (unpaired) electrons. The normalized spacial score (nSPS) is 11.9. The molecule has 0 saturated heterocycles. The van der Waals surface area contributed by atoms with E-state index in [-0.39, 0.29) is 18.2 Å². The van der Waals surface area contributed by atoms with Gasteiger partial charge in [-0.3, -0.25) is 0 Å². The van der Waals surface area contributed by atoms with Gasteiger partial charge in [0.1, 0.15) is 5.75 Å². The van der Waals surface area contributed by atoms with E-state index in [0.717, 1.165) is 12.7 Å². The molecule has 1 N–H and O–H groups in total. The first-order chi connectivity index (χ1) is 7.01. The van der Waals surface area contributed by atoms with Crippen molar-refractivity contribution < 1.29 is 18.0 Å². The molecule has 7 heteroatoms. The van der Waals surface area contributed by atoms with Crippen molar-refractivity contribution in [3.63, 3.8) is 0 Å². The first kappa shape index (κ1) is 12.1. The molecule has 0 fully saturated rings. The Morgan fingerprint density at radius 1 is 1.40 bits per heavy atom. The van der Waals surface area contributed by atoms with E-state index in [9.17, 15) is 8.42 Å². The van der Waals surface area contributed by atoms with E-state index < -0.39 is 9.84 Å². The zero-order valence-corrected chi connectivity index (χ0v) is 9.33. The number of aryl methyl sites for hydroxylation is 1. The average Bonchev–Trinajstić information content (AvgIpc) is 2.50. The fraction of sp³-hybridized carbons (Fsp3) is 0.750.